The maximum atomic E-state index is 13.1. The van der Waals surface area contributed by atoms with Gasteiger partial charge in [-0.05, 0) is 51.7 Å². The minimum Gasteiger partial charge on any atom is -0.460 e. The van der Waals surface area contributed by atoms with Crippen LogP contribution in [0.25, 0.3) is 0 Å². The van der Waals surface area contributed by atoms with Gasteiger partial charge in [0.2, 0.25) is 0 Å². The van der Waals surface area contributed by atoms with Gasteiger partial charge in [0.05, 0.1) is 0 Å². The minimum absolute atomic E-state index is 0.0000386. The zero-order valence-corrected chi connectivity index (χ0v) is 19.1. The van der Waals surface area contributed by atoms with Crippen molar-refractivity contribution in [2.45, 2.75) is 52.7 Å². The third-order valence-electron chi connectivity index (χ3n) is 5.07. The summed E-state index contributed by atoms with van der Waals surface area (Å²) in [6, 6.07) is 9.07. The fourth-order valence-corrected chi connectivity index (χ4v) is 3.14. The standard InChI is InChI=1S/C24H31NO7/c1-17(2)19(26)16-31-21(28)24(20(27)30-15-18-9-7-6-8-10-18)11-13-25(14-12-24)22(29)32-23(3,4)5/h6-10H,1,11-16H2,2-5H3. The molecule has 0 aliphatic carbocycles. The van der Waals surface area contributed by atoms with Gasteiger partial charge in [0.1, 0.15) is 12.2 Å². The van der Waals surface area contributed by atoms with Crippen molar-refractivity contribution in [3.63, 3.8) is 0 Å². The molecule has 8 nitrogen and oxygen atoms in total. The molecule has 0 unspecified atom stereocenters. The average molecular weight is 446 g/mol. The van der Waals surface area contributed by atoms with E-state index in [-0.39, 0.29) is 38.1 Å². The lowest BCUT2D eigenvalue weighted by atomic mass is 9.78. The quantitative estimate of drug-likeness (QED) is 0.274. The first-order valence-electron chi connectivity index (χ1n) is 10.5. The van der Waals surface area contributed by atoms with Gasteiger partial charge in [0.15, 0.2) is 17.8 Å². The zero-order valence-electron chi connectivity index (χ0n) is 19.1. The molecular weight excluding hydrogens is 414 g/mol. The molecule has 1 fully saturated rings. The van der Waals surface area contributed by atoms with E-state index in [2.05, 4.69) is 6.58 Å². The number of carbonyl (C=O) groups is 4. The predicted octanol–water partition coefficient (Wildman–Crippen LogP) is 3.44. The molecular formula is C24H31NO7. The highest BCUT2D eigenvalue weighted by atomic mass is 16.6. The van der Waals surface area contributed by atoms with Crippen LogP contribution in [0.1, 0.15) is 46.1 Å². The Balaban J connectivity index is 2.13. The van der Waals surface area contributed by atoms with E-state index in [9.17, 15) is 19.2 Å². The van der Waals surface area contributed by atoms with Crippen molar-refractivity contribution in [1.82, 2.24) is 4.90 Å². The van der Waals surface area contributed by atoms with Crippen LogP contribution >= 0.6 is 0 Å². The fourth-order valence-electron chi connectivity index (χ4n) is 3.14. The van der Waals surface area contributed by atoms with E-state index >= 15 is 0 Å². The molecule has 8 heteroatoms. The number of likely N-dealkylation sites (tertiary alicyclic amines) is 1. The molecule has 0 saturated carbocycles. The zero-order chi connectivity index (χ0) is 23.9. The lowest BCUT2D eigenvalue weighted by Crippen LogP contribution is -2.52. The smallest absolute Gasteiger partial charge is 0.410 e. The molecule has 0 spiro atoms. The number of amides is 1. The van der Waals surface area contributed by atoms with Crippen molar-refractivity contribution in [3.05, 3.63) is 48.0 Å². The van der Waals surface area contributed by atoms with E-state index in [1.165, 1.54) is 11.8 Å². The first-order chi connectivity index (χ1) is 14.9. The molecule has 0 atom stereocenters. The lowest BCUT2D eigenvalue weighted by molar-refractivity contribution is -0.178. The number of rotatable bonds is 7. The van der Waals surface area contributed by atoms with Gasteiger partial charge in [-0.25, -0.2) is 4.79 Å². The molecule has 1 aliphatic rings. The predicted molar refractivity (Wildman–Crippen MR) is 116 cm³/mol. The summed E-state index contributed by atoms with van der Waals surface area (Å²) in [6.07, 6.45) is -0.519. The topological polar surface area (TPSA) is 99.2 Å². The average Bonchev–Trinajstić information content (AvgIpc) is 2.74. The molecule has 0 radical (unpaired) electrons. The molecule has 32 heavy (non-hydrogen) atoms. The van der Waals surface area contributed by atoms with Gasteiger partial charge < -0.3 is 19.1 Å². The summed E-state index contributed by atoms with van der Waals surface area (Å²) in [5.74, 6) is -2.01. The van der Waals surface area contributed by atoms with Crippen molar-refractivity contribution in [3.8, 4) is 0 Å². The van der Waals surface area contributed by atoms with Crippen LogP contribution in [0.15, 0.2) is 42.5 Å². The molecule has 1 amide bonds. The van der Waals surface area contributed by atoms with Crippen molar-refractivity contribution >= 4 is 23.8 Å². The first-order valence-corrected chi connectivity index (χ1v) is 10.5. The van der Waals surface area contributed by atoms with Gasteiger partial charge in [0.25, 0.3) is 0 Å². The van der Waals surface area contributed by atoms with Crippen LogP contribution in [-0.2, 0) is 35.2 Å². The molecule has 1 aromatic rings. The summed E-state index contributed by atoms with van der Waals surface area (Å²) in [6.45, 7) is 10.0. The number of hydrogen-bond donors (Lipinski definition) is 0. The van der Waals surface area contributed by atoms with Gasteiger partial charge >= 0.3 is 18.0 Å². The number of benzene rings is 1. The Kier molecular flexibility index (Phi) is 8.19. The van der Waals surface area contributed by atoms with E-state index < -0.39 is 41.4 Å². The lowest BCUT2D eigenvalue weighted by Gasteiger charge is -2.38. The third kappa shape index (κ3) is 6.67. The van der Waals surface area contributed by atoms with Gasteiger partial charge in [-0.3, -0.25) is 14.4 Å². The molecule has 1 aliphatic heterocycles. The summed E-state index contributed by atoms with van der Waals surface area (Å²) >= 11 is 0. The summed E-state index contributed by atoms with van der Waals surface area (Å²) in [5.41, 5.74) is -1.25. The Morgan fingerprint density at radius 3 is 2.09 bits per heavy atom. The Morgan fingerprint density at radius 2 is 1.56 bits per heavy atom. The summed E-state index contributed by atoms with van der Waals surface area (Å²) in [5, 5.41) is 0. The monoisotopic (exact) mass is 445 g/mol. The maximum absolute atomic E-state index is 13.1. The second kappa shape index (κ2) is 10.4. The number of ketones is 1. The molecule has 1 aromatic carbocycles. The largest absolute Gasteiger partial charge is 0.460 e. The minimum atomic E-state index is -1.61. The number of hydrogen-bond acceptors (Lipinski definition) is 7. The van der Waals surface area contributed by atoms with Crippen molar-refractivity contribution in [2.24, 2.45) is 5.41 Å². The van der Waals surface area contributed by atoms with Crippen LogP contribution in [-0.4, -0.2) is 54.0 Å². The number of ether oxygens (including phenoxy) is 3. The molecule has 0 N–H and O–H groups in total. The number of piperidine rings is 1. The highest BCUT2D eigenvalue weighted by molar-refractivity contribution is 6.02. The summed E-state index contributed by atoms with van der Waals surface area (Å²) in [7, 11) is 0. The van der Waals surface area contributed by atoms with Crippen molar-refractivity contribution in [2.75, 3.05) is 19.7 Å². The molecule has 1 heterocycles. The van der Waals surface area contributed by atoms with Crippen LogP contribution in [0.5, 0.6) is 0 Å². The molecule has 2 rings (SSSR count). The van der Waals surface area contributed by atoms with E-state index in [4.69, 9.17) is 14.2 Å². The van der Waals surface area contributed by atoms with E-state index in [1.807, 2.05) is 18.2 Å². The number of Topliss-reactive ketones (excluding diaryl/α,β-unsaturated/α-hetero) is 1. The van der Waals surface area contributed by atoms with Crippen LogP contribution in [0.3, 0.4) is 0 Å². The van der Waals surface area contributed by atoms with Crippen LogP contribution in [0.2, 0.25) is 0 Å². The second-order valence-electron chi connectivity index (χ2n) is 8.89. The van der Waals surface area contributed by atoms with Gasteiger partial charge in [-0.1, -0.05) is 36.9 Å². The van der Waals surface area contributed by atoms with Gasteiger partial charge in [0, 0.05) is 13.1 Å². The molecule has 0 aromatic heterocycles. The van der Waals surface area contributed by atoms with Crippen LogP contribution in [0, 0.1) is 5.41 Å². The Labute approximate surface area is 188 Å². The first kappa shape index (κ1) is 25.1. The second-order valence-corrected chi connectivity index (χ2v) is 8.89. The molecule has 174 valence electrons. The van der Waals surface area contributed by atoms with Gasteiger partial charge in [-0.2, -0.15) is 0 Å². The third-order valence-corrected chi connectivity index (χ3v) is 5.07. The van der Waals surface area contributed by atoms with Gasteiger partial charge in [-0.15, -0.1) is 0 Å². The Bertz CT molecular complexity index is 862. The summed E-state index contributed by atoms with van der Waals surface area (Å²) < 4.78 is 16.0. The molecule has 0 bridgehead atoms. The van der Waals surface area contributed by atoms with E-state index in [0.717, 1.165) is 5.56 Å². The van der Waals surface area contributed by atoms with E-state index in [1.54, 1.807) is 32.9 Å². The van der Waals surface area contributed by atoms with Crippen LogP contribution < -0.4 is 0 Å². The SMILES string of the molecule is C=C(C)C(=O)COC(=O)C1(C(=O)OCc2ccccc2)CCN(C(=O)OC(C)(C)C)CC1. The van der Waals surface area contributed by atoms with E-state index in [0.29, 0.717) is 0 Å². The van der Waals surface area contributed by atoms with Crippen molar-refractivity contribution < 1.29 is 33.4 Å². The number of esters is 2. The summed E-state index contributed by atoms with van der Waals surface area (Å²) in [4.78, 5) is 51.7. The Morgan fingerprint density at radius 1 is 1.00 bits per heavy atom. The number of nitrogens with zero attached hydrogens (tertiary/aromatic N) is 1. The highest BCUT2D eigenvalue weighted by Crippen LogP contribution is 2.35. The number of carbonyl (C=O) groups excluding carboxylic acids is 4. The fraction of sp³-hybridized carbons (Fsp3) is 0.500. The maximum Gasteiger partial charge on any atom is 0.410 e. The molecule has 1 saturated heterocycles. The van der Waals surface area contributed by atoms with Crippen LogP contribution in [0.4, 0.5) is 4.79 Å². The Hall–Kier alpha value is -3.16. The normalized spacial score (nSPS) is 15.4. The highest BCUT2D eigenvalue weighted by Gasteiger charge is 2.52. The van der Waals surface area contributed by atoms with Crippen molar-refractivity contribution in [1.29, 1.82) is 0 Å².